The highest BCUT2D eigenvalue weighted by Crippen LogP contribution is 2.32. The second kappa shape index (κ2) is 6.02. The van der Waals surface area contributed by atoms with Crippen molar-refractivity contribution in [3.63, 3.8) is 0 Å². The molecule has 2 heterocycles. The van der Waals surface area contributed by atoms with Gasteiger partial charge in [0.1, 0.15) is 0 Å². The van der Waals surface area contributed by atoms with Crippen LogP contribution in [0.4, 0.5) is 0 Å². The van der Waals surface area contributed by atoms with E-state index in [0.717, 1.165) is 38.0 Å². The molecule has 18 heavy (non-hydrogen) atoms. The number of thiocarbonyl (C=S) groups is 2. The summed E-state index contributed by atoms with van der Waals surface area (Å²) in [6.45, 7) is 4.09. The highest BCUT2D eigenvalue weighted by molar-refractivity contribution is 7.80. The fourth-order valence-electron chi connectivity index (χ4n) is 3.18. The second-order valence-electron chi connectivity index (χ2n) is 5.33. The van der Waals surface area contributed by atoms with Crippen LogP contribution in [0.3, 0.4) is 0 Å². The summed E-state index contributed by atoms with van der Waals surface area (Å²) in [5.74, 6) is 1.65. The van der Waals surface area contributed by atoms with Crippen LogP contribution in [0.1, 0.15) is 25.7 Å². The van der Waals surface area contributed by atoms with Crippen LogP contribution >= 0.6 is 24.4 Å². The lowest BCUT2D eigenvalue weighted by Crippen LogP contribution is -2.46. The van der Waals surface area contributed by atoms with Gasteiger partial charge in [-0.25, -0.2) is 0 Å². The van der Waals surface area contributed by atoms with E-state index in [0.29, 0.717) is 10.2 Å². The zero-order valence-electron chi connectivity index (χ0n) is 10.7. The van der Waals surface area contributed by atoms with E-state index in [1.165, 1.54) is 25.7 Å². The molecule has 2 aliphatic heterocycles. The van der Waals surface area contributed by atoms with Crippen LogP contribution in [-0.4, -0.2) is 46.2 Å². The van der Waals surface area contributed by atoms with Crippen LogP contribution in [-0.2, 0) is 0 Å². The Labute approximate surface area is 120 Å². The van der Waals surface area contributed by atoms with Crippen molar-refractivity contribution in [2.24, 2.45) is 23.3 Å². The van der Waals surface area contributed by atoms with Crippen molar-refractivity contribution in [3.8, 4) is 0 Å². The molecule has 0 atom stereocenters. The summed E-state index contributed by atoms with van der Waals surface area (Å²) in [5, 5.41) is 1.11. The SMILES string of the molecule is NC(=S)N1CCC(C2CCN(C(N)=S)CC2)CC1. The first-order chi connectivity index (χ1) is 8.58. The fourth-order valence-corrected chi connectivity index (χ4v) is 3.55. The fraction of sp³-hybridized carbons (Fsp3) is 0.833. The van der Waals surface area contributed by atoms with Crippen LogP contribution < -0.4 is 11.5 Å². The van der Waals surface area contributed by atoms with Gasteiger partial charge in [0.05, 0.1) is 0 Å². The predicted octanol–water partition coefficient (Wildman–Crippen LogP) is 0.898. The molecule has 0 aliphatic carbocycles. The maximum Gasteiger partial charge on any atom is 0.166 e. The lowest BCUT2D eigenvalue weighted by atomic mass is 9.79. The quantitative estimate of drug-likeness (QED) is 0.699. The predicted molar refractivity (Wildman–Crippen MR) is 82.2 cm³/mol. The average molecular weight is 286 g/mol. The first-order valence-corrected chi connectivity index (χ1v) is 7.48. The number of hydrogen-bond acceptors (Lipinski definition) is 2. The van der Waals surface area contributed by atoms with Crippen LogP contribution in [0.5, 0.6) is 0 Å². The molecule has 102 valence electrons. The molecule has 0 unspecified atom stereocenters. The summed E-state index contributed by atoms with van der Waals surface area (Å²) in [7, 11) is 0. The number of rotatable bonds is 1. The minimum atomic E-state index is 0.553. The van der Waals surface area contributed by atoms with Gasteiger partial charge in [-0.15, -0.1) is 0 Å². The number of nitrogens with zero attached hydrogens (tertiary/aromatic N) is 2. The monoisotopic (exact) mass is 286 g/mol. The first-order valence-electron chi connectivity index (χ1n) is 6.66. The van der Waals surface area contributed by atoms with Gasteiger partial charge in [-0.2, -0.15) is 0 Å². The summed E-state index contributed by atoms with van der Waals surface area (Å²) < 4.78 is 0. The molecule has 2 rings (SSSR count). The maximum absolute atomic E-state index is 5.67. The minimum absolute atomic E-state index is 0.553. The van der Waals surface area contributed by atoms with Gasteiger partial charge in [0, 0.05) is 26.2 Å². The summed E-state index contributed by atoms with van der Waals surface area (Å²) in [4.78, 5) is 4.24. The second-order valence-corrected chi connectivity index (χ2v) is 6.16. The van der Waals surface area contributed by atoms with Gasteiger partial charge in [0.15, 0.2) is 10.2 Å². The lowest BCUT2D eigenvalue weighted by molar-refractivity contribution is 0.146. The summed E-state index contributed by atoms with van der Waals surface area (Å²) in [6, 6.07) is 0. The highest BCUT2D eigenvalue weighted by atomic mass is 32.1. The molecular weight excluding hydrogens is 264 g/mol. The van der Waals surface area contributed by atoms with Gasteiger partial charge in [-0.3, -0.25) is 0 Å². The van der Waals surface area contributed by atoms with Crippen molar-refractivity contribution in [2.75, 3.05) is 26.2 Å². The third-order valence-electron chi connectivity index (χ3n) is 4.37. The average Bonchev–Trinajstić information content (AvgIpc) is 2.39. The van der Waals surface area contributed by atoms with E-state index in [2.05, 4.69) is 9.80 Å². The molecule has 0 aromatic heterocycles. The molecule has 0 spiro atoms. The van der Waals surface area contributed by atoms with Crippen molar-refractivity contribution in [2.45, 2.75) is 25.7 Å². The molecule has 4 N–H and O–H groups in total. The van der Waals surface area contributed by atoms with Gasteiger partial charge in [0.2, 0.25) is 0 Å². The summed E-state index contributed by atoms with van der Waals surface area (Å²) in [5.41, 5.74) is 11.3. The van der Waals surface area contributed by atoms with Crippen LogP contribution in [0.15, 0.2) is 0 Å². The van der Waals surface area contributed by atoms with Gasteiger partial charge >= 0.3 is 0 Å². The van der Waals surface area contributed by atoms with Crippen LogP contribution in [0.25, 0.3) is 0 Å². The van der Waals surface area contributed by atoms with Crippen molar-refractivity contribution in [3.05, 3.63) is 0 Å². The molecule has 0 radical (unpaired) electrons. The third-order valence-corrected chi connectivity index (χ3v) is 4.89. The minimum Gasteiger partial charge on any atom is -0.376 e. The Hall–Kier alpha value is -0.620. The topological polar surface area (TPSA) is 58.5 Å². The van der Waals surface area contributed by atoms with Crippen molar-refractivity contribution >= 4 is 34.7 Å². The number of hydrogen-bond donors (Lipinski definition) is 2. The Morgan fingerprint density at radius 1 is 0.722 bits per heavy atom. The molecule has 0 aromatic carbocycles. The largest absolute Gasteiger partial charge is 0.376 e. The molecule has 0 aromatic rings. The van der Waals surface area contributed by atoms with Gasteiger partial charge in [0.25, 0.3) is 0 Å². The first kappa shape index (κ1) is 13.8. The van der Waals surface area contributed by atoms with Crippen molar-refractivity contribution in [1.82, 2.24) is 9.80 Å². The number of piperidine rings is 2. The van der Waals surface area contributed by atoms with E-state index in [9.17, 15) is 0 Å². The molecule has 6 heteroatoms. The normalized spacial score (nSPS) is 23.1. The zero-order valence-corrected chi connectivity index (χ0v) is 12.3. The lowest BCUT2D eigenvalue weighted by Gasteiger charge is -2.40. The van der Waals surface area contributed by atoms with Gasteiger partial charge in [-0.05, 0) is 62.0 Å². The molecule has 2 aliphatic rings. The molecule has 0 amide bonds. The highest BCUT2D eigenvalue weighted by Gasteiger charge is 2.29. The Morgan fingerprint density at radius 3 is 1.22 bits per heavy atom. The van der Waals surface area contributed by atoms with E-state index in [1.807, 2.05) is 0 Å². The van der Waals surface area contributed by atoms with E-state index >= 15 is 0 Å². The van der Waals surface area contributed by atoms with Crippen LogP contribution in [0, 0.1) is 11.8 Å². The standard InChI is InChI=1S/C12H22N4S2/c13-11(17)15-5-1-9(2-6-15)10-3-7-16(8-4-10)12(14)18/h9-10H,1-8H2,(H2,13,17)(H2,14,18). The smallest absolute Gasteiger partial charge is 0.166 e. The zero-order chi connectivity index (χ0) is 13.1. The summed E-state index contributed by atoms with van der Waals surface area (Å²) in [6.07, 6.45) is 4.87. The Kier molecular flexibility index (Phi) is 4.61. The van der Waals surface area contributed by atoms with Crippen molar-refractivity contribution < 1.29 is 0 Å². The Morgan fingerprint density at radius 2 is 1.00 bits per heavy atom. The third kappa shape index (κ3) is 3.23. The Balaban J connectivity index is 1.78. The number of likely N-dealkylation sites (tertiary alicyclic amines) is 2. The van der Waals surface area contributed by atoms with Crippen LogP contribution in [0.2, 0.25) is 0 Å². The molecule has 2 saturated heterocycles. The number of nitrogens with two attached hydrogens (primary N) is 2. The molecule has 2 fully saturated rings. The Bertz CT molecular complexity index is 286. The maximum atomic E-state index is 5.67. The molecule has 4 nitrogen and oxygen atoms in total. The van der Waals surface area contributed by atoms with E-state index < -0.39 is 0 Å². The van der Waals surface area contributed by atoms with Gasteiger partial charge in [-0.1, -0.05) is 0 Å². The summed E-state index contributed by atoms with van der Waals surface area (Å²) >= 11 is 10.0. The molecule has 0 saturated carbocycles. The van der Waals surface area contributed by atoms with E-state index in [-0.39, 0.29) is 0 Å². The van der Waals surface area contributed by atoms with E-state index in [4.69, 9.17) is 35.9 Å². The van der Waals surface area contributed by atoms with Gasteiger partial charge < -0.3 is 21.3 Å². The molecular formula is C12H22N4S2. The van der Waals surface area contributed by atoms with E-state index in [1.54, 1.807) is 0 Å². The van der Waals surface area contributed by atoms with Crippen molar-refractivity contribution in [1.29, 1.82) is 0 Å². The molecule has 0 bridgehead atoms.